The summed E-state index contributed by atoms with van der Waals surface area (Å²) < 4.78 is 1.66. The number of aryl methyl sites for hydroxylation is 1. The molecule has 3 aromatic carbocycles. The van der Waals surface area contributed by atoms with E-state index in [0.29, 0.717) is 11.3 Å². The van der Waals surface area contributed by atoms with Crippen molar-refractivity contribution in [2.24, 2.45) is 0 Å². The van der Waals surface area contributed by atoms with Gasteiger partial charge in [-0.1, -0.05) is 90.5 Å². The molecule has 0 aliphatic heterocycles. The molecule has 0 N–H and O–H groups in total. The molecule has 0 amide bonds. The van der Waals surface area contributed by atoms with Crippen LogP contribution in [-0.2, 0) is 0 Å². The van der Waals surface area contributed by atoms with Gasteiger partial charge < -0.3 is 0 Å². The van der Waals surface area contributed by atoms with Gasteiger partial charge in [-0.05, 0) is 49.3 Å². The van der Waals surface area contributed by atoms with Gasteiger partial charge >= 0.3 is 0 Å². The first kappa shape index (κ1) is 21.9. The van der Waals surface area contributed by atoms with E-state index < -0.39 is 0 Å². The van der Waals surface area contributed by atoms with Crippen molar-refractivity contribution in [3.63, 3.8) is 0 Å². The Kier molecular flexibility index (Phi) is 6.56. The van der Waals surface area contributed by atoms with E-state index in [2.05, 4.69) is 5.10 Å². The minimum Gasteiger partial charge on any atom is -0.289 e. The van der Waals surface area contributed by atoms with Gasteiger partial charge in [-0.15, -0.1) is 0 Å². The number of benzene rings is 3. The average molecular weight is 433 g/mol. The minimum absolute atomic E-state index is 0.142. The maximum absolute atomic E-state index is 13.2. The van der Waals surface area contributed by atoms with E-state index in [-0.39, 0.29) is 17.3 Å². The van der Waals surface area contributed by atoms with Crippen LogP contribution in [0.5, 0.6) is 0 Å². The second kappa shape index (κ2) is 9.88. The lowest BCUT2D eigenvalue weighted by Gasteiger charge is -2.05. The summed E-state index contributed by atoms with van der Waals surface area (Å²) in [7, 11) is 0. The maximum Gasteiger partial charge on any atom is 0.206 e. The molecule has 0 fully saturated rings. The molecule has 1 heterocycles. The molecule has 0 bridgehead atoms. The number of hydrogen-bond donors (Lipinski definition) is 0. The predicted octanol–water partition coefficient (Wildman–Crippen LogP) is 6.28. The number of carbonyl (C=O) groups excluding carboxylic acids is 2. The largest absolute Gasteiger partial charge is 0.289 e. The van der Waals surface area contributed by atoms with Crippen molar-refractivity contribution in [2.45, 2.75) is 13.8 Å². The van der Waals surface area contributed by atoms with Crippen LogP contribution in [0.3, 0.4) is 0 Å². The van der Waals surface area contributed by atoms with Crippen LogP contribution in [0.1, 0.15) is 43.2 Å². The highest BCUT2D eigenvalue weighted by molar-refractivity contribution is 6.17. The Labute approximate surface area is 193 Å². The van der Waals surface area contributed by atoms with Gasteiger partial charge in [-0.2, -0.15) is 5.10 Å². The van der Waals surface area contributed by atoms with Crippen LogP contribution in [0.25, 0.3) is 17.8 Å². The number of aromatic nitrogens is 2. The summed E-state index contributed by atoms with van der Waals surface area (Å²) in [6.45, 7) is 3.82. The molecule has 0 aliphatic rings. The Morgan fingerprint density at radius 3 is 1.76 bits per heavy atom. The second-order valence-electron chi connectivity index (χ2n) is 7.77. The fourth-order valence-corrected chi connectivity index (χ4v) is 3.54. The fraction of sp³-hybridized carbons (Fsp3) is 0.0690. The lowest BCUT2D eigenvalue weighted by atomic mass is 10.0. The third kappa shape index (κ3) is 5.13. The van der Waals surface area contributed by atoms with Crippen LogP contribution >= 0.6 is 0 Å². The maximum atomic E-state index is 13.2. The molecule has 4 aromatic rings. The number of ketones is 2. The lowest BCUT2D eigenvalue weighted by molar-refractivity contribution is 0.101. The van der Waals surface area contributed by atoms with Gasteiger partial charge in [0.25, 0.3) is 0 Å². The van der Waals surface area contributed by atoms with E-state index in [1.807, 2.05) is 98.8 Å². The first-order valence-electron chi connectivity index (χ1n) is 10.7. The predicted molar refractivity (Wildman–Crippen MR) is 133 cm³/mol. The van der Waals surface area contributed by atoms with Gasteiger partial charge in [-0.25, -0.2) is 4.68 Å². The molecule has 0 atom stereocenters. The van der Waals surface area contributed by atoms with Gasteiger partial charge in [0.05, 0.1) is 16.9 Å². The molecule has 33 heavy (non-hydrogen) atoms. The summed E-state index contributed by atoms with van der Waals surface area (Å²) in [6, 6.07) is 26.9. The zero-order valence-electron chi connectivity index (χ0n) is 18.6. The highest BCUT2D eigenvalue weighted by Crippen LogP contribution is 2.21. The van der Waals surface area contributed by atoms with Crippen molar-refractivity contribution in [1.29, 1.82) is 0 Å². The number of allylic oxidation sites excluding steroid dienone is 2. The van der Waals surface area contributed by atoms with Crippen molar-refractivity contribution < 1.29 is 9.59 Å². The highest BCUT2D eigenvalue weighted by atomic mass is 16.1. The molecule has 0 unspecified atom stereocenters. The molecular formula is C29H24N2O2. The highest BCUT2D eigenvalue weighted by Gasteiger charge is 2.24. The van der Waals surface area contributed by atoms with E-state index >= 15 is 0 Å². The normalized spacial score (nSPS) is 11.3. The number of rotatable bonds is 7. The van der Waals surface area contributed by atoms with Gasteiger partial charge in [0, 0.05) is 0 Å². The Morgan fingerprint density at radius 1 is 0.697 bits per heavy atom. The summed E-state index contributed by atoms with van der Waals surface area (Å²) in [5.74, 6) is -0.574. The van der Waals surface area contributed by atoms with Crippen molar-refractivity contribution in [3.05, 3.63) is 131 Å². The van der Waals surface area contributed by atoms with Crippen LogP contribution in [-0.4, -0.2) is 21.3 Å². The van der Waals surface area contributed by atoms with Crippen molar-refractivity contribution in [1.82, 2.24) is 9.78 Å². The SMILES string of the molecule is Cc1ccc(-n2nc(C(=O)/C=C/c3ccccc3)c(C(=O)/C=C/c3ccccc3)c2C)cc1. The van der Waals surface area contributed by atoms with Crippen LogP contribution < -0.4 is 0 Å². The topological polar surface area (TPSA) is 52.0 Å². The van der Waals surface area contributed by atoms with Crippen LogP contribution in [0, 0.1) is 13.8 Å². The fourth-order valence-electron chi connectivity index (χ4n) is 3.54. The Balaban J connectivity index is 1.74. The van der Waals surface area contributed by atoms with E-state index in [9.17, 15) is 9.59 Å². The molecule has 0 radical (unpaired) electrons. The second-order valence-corrected chi connectivity index (χ2v) is 7.77. The standard InChI is InChI=1S/C29H24N2O2/c1-21-13-17-25(18-14-21)31-22(2)28(26(32)19-15-23-9-5-3-6-10-23)29(30-31)27(33)20-16-24-11-7-4-8-12-24/h3-20H,1-2H3/b19-15+,20-16+. The molecule has 0 spiro atoms. The van der Waals surface area contributed by atoms with Gasteiger partial charge in [0.1, 0.15) is 5.69 Å². The minimum atomic E-state index is -0.315. The van der Waals surface area contributed by atoms with E-state index in [0.717, 1.165) is 22.4 Å². The lowest BCUT2D eigenvalue weighted by Crippen LogP contribution is -2.05. The summed E-state index contributed by atoms with van der Waals surface area (Å²) in [5.41, 5.74) is 4.80. The molecule has 4 nitrogen and oxygen atoms in total. The number of nitrogens with zero attached hydrogens (tertiary/aromatic N) is 2. The van der Waals surface area contributed by atoms with Gasteiger partial charge in [0.15, 0.2) is 5.78 Å². The first-order chi connectivity index (χ1) is 16.0. The van der Waals surface area contributed by atoms with E-state index in [1.165, 1.54) is 12.2 Å². The summed E-state index contributed by atoms with van der Waals surface area (Å²) in [4.78, 5) is 26.4. The molecule has 0 aliphatic carbocycles. The van der Waals surface area contributed by atoms with Crippen LogP contribution in [0.15, 0.2) is 97.1 Å². The Bertz CT molecular complexity index is 1330. The van der Waals surface area contributed by atoms with Gasteiger partial charge in [0.2, 0.25) is 5.78 Å². The molecule has 4 heteroatoms. The summed E-state index contributed by atoms with van der Waals surface area (Å²) >= 11 is 0. The molecule has 4 rings (SSSR count). The quantitative estimate of drug-likeness (QED) is 0.255. The zero-order chi connectivity index (χ0) is 23.2. The molecule has 1 aromatic heterocycles. The van der Waals surface area contributed by atoms with Crippen LogP contribution in [0.2, 0.25) is 0 Å². The van der Waals surface area contributed by atoms with Crippen molar-refractivity contribution >= 4 is 23.7 Å². The summed E-state index contributed by atoms with van der Waals surface area (Å²) in [6.07, 6.45) is 6.44. The Morgan fingerprint density at radius 2 is 1.21 bits per heavy atom. The van der Waals surface area contributed by atoms with Gasteiger partial charge in [-0.3, -0.25) is 9.59 Å². The summed E-state index contributed by atoms with van der Waals surface area (Å²) in [5, 5.41) is 4.56. The Hall–Kier alpha value is -4.31. The number of hydrogen-bond acceptors (Lipinski definition) is 3. The molecule has 162 valence electrons. The smallest absolute Gasteiger partial charge is 0.206 e. The van der Waals surface area contributed by atoms with Crippen LogP contribution in [0.4, 0.5) is 0 Å². The average Bonchev–Trinajstić information content (AvgIpc) is 3.20. The third-order valence-corrected chi connectivity index (χ3v) is 5.33. The van der Waals surface area contributed by atoms with E-state index in [1.54, 1.807) is 16.8 Å². The molecule has 0 saturated carbocycles. The van der Waals surface area contributed by atoms with E-state index in [4.69, 9.17) is 0 Å². The molecular weight excluding hydrogens is 408 g/mol. The zero-order valence-corrected chi connectivity index (χ0v) is 18.6. The number of carbonyl (C=O) groups is 2. The monoisotopic (exact) mass is 432 g/mol. The molecule has 0 saturated heterocycles. The first-order valence-corrected chi connectivity index (χ1v) is 10.7. The van der Waals surface area contributed by atoms with Crippen molar-refractivity contribution in [2.75, 3.05) is 0 Å². The van der Waals surface area contributed by atoms with Crippen molar-refractivity contribution in [3.8, 4) is 5.69 Å². The third-order valence-electron chi connectivity index (χ3n) is 5.33.